The highest BCUT2D eigenvalue weighted by molar-refractivity contribution is 8.23. The van der Waals surface area contributed by atoms with E-state index in [4.69, 9.17) is 21.7 Å². The first-order valence-electron chi connectivity index (χ1n) is 7.21. The number of hydrogen-bond acceptors (Lipinski definition) is 5. The van der Waals surface area contributed by atoms with E-state index in [1.807, 2.05) is 37.3 Å². The second kappa shape index (κ2) is 10.6. The molecule has 0 aliphatic rings. The molecule has 0 bridgehead atoms. The first kappa shape index (κ1) is 18.0. The second-order valence-electron chi connectivity index (χ2n) is 4.50. The van der Waals surface area contributed by atoms with Gasteiger partial charge in [-0.1, -0.05) is 55.4 Å². The van der Waals surface area contributed by atoms with Crippen molar-refractivity contribution in [2.45, 2.75) is 38.4 Å². The van der Waals surface area contributed by atoms with Gasteiger partial charge in [0, 0.05) is 0 Å². The molecule has 1 unspecified atom stereocenters. The minimum Gasteiger partial charge on any atom is -0.479 e. The fourth-order valence-corrected chi connectivity index (χ4v) is 3.00. The molecule has 0 saturated heterocycles. The number of hydrogen-bond donors (Lipinski definition) is 0. The molecule has 1 rings (SSSR count). The Morgan fingerprint density at radius 1 is 1.24 bits per heavy atom. The van der Waals surface area contributed by atoms with Crippen LogP contribution in [-0.2, 0) is 20.7 Å². The zero-order chi connectivity index (χ0) is 15.5. The summed E-state index contributed by atoms with van der Waals surface area (Å²) in [6, 6.07) is 9.87. The summed E-state index contributed by atoms with van der Waals surface area (Å²) in [5, 5.41) is -0.358. The van der Waals surface area contributed by atoms with Crippen LogP contribution in [0.5, 0.6) is 0 Å². The van der Waals surface area contributed by atoms with Gasteiger partial charge in [-0.05, 0) is 37.5 Å². The van der Waals surface area contributed by atoms with Gasteiger partial charge < -0.3 is 9.47 Å². The molecule has 0 aliphatic carbocycles. The highest BCUT2D eigenvalue weighted by Crippen LogP contribution is 2.21. The predicted molar refractivity (Wildman–Crippen MR) is 91.6 cm³/mol. The molecule has 0 radical (unpaired) electrons. The summed E-state index contributed by atoms with van der Waals surface area (Å²) in [6.07, 6.45) is 2.47. The lowest BCUT2D eigenvalue weighted by atomic mass is 10.1. The van der Waals surface area contributed by atoms with E-state index >= 15 is 0 Å². The van der Waals surface area contributed by atoms with Crippen LogP contribution in [0.4, 0.5) is 0 Å². The van der Waals surface area contributed by atoms with E-state index in [2.05, 4.69) is 6.92 Å². The number of thiocarbonyl (C=S) groups is 1. The lowest BCUT2D eigenvalue weighted by molar-refractivity contribution is -0.143. The van der Waals surface area contributed by atoms with Crippen LogP contribution < -0.4 is 0 Å². The smallest absolute Gasteiger partial charge is 0.319 e. The molecule has 0 N–H and O–H groups in total. The monoisotopic (exact) mass is 326 g/mol. The quantitative estimate of drug-likeness (QED) is 0.410. The number of carbonyl (C=O) groups excluding carboxylic acids is 1. The molecule has 3 nitrogen and oxygen atoms in total. The molecule has 5 heteroatoms. The minimum atomic E-state index is -0.358. The third-order valence-electron chi connectivity index (χ3n) is 2.77. The molecule has 1 aromatic carbocycles. The number of unbranched alkanes of at least 4 members (excludes halogenated alkanes) is 1. The van der Waals surface area contributed by atoms with Crippen molar-refractivity contribution < 1.29 is 14.3 Å². The molecule has 1 aromatic rings. The Bertz CT molecular complexity index is 434. The maximum absolute atomic E-state index is 12.2. The van der Waals surface area contributed by atoms with Crippen LogP contribution in [0, 0.1) is 0 Å². The number of thioether (sulfide) groups is 1. The number of ether oxygens (including phenoxy) is 2. The molecule has 21 heavy (non-hydrogen) atoms. The van der Waals surface area contributed by atoms with Crippen molar-refractivity contribution in [3.63, 3.8) is 0 Å². The van der Waals surface area contributed by atoms with Crippen molar-refractivity contribution in [1.29, 1.82) is 0 Å². The van der Waals surface area contributed by atoms with Gasteiger partial charge in [0.15, 0.2) is 0 Å². The van der Waals surface area contributed by atoms with Gasteiger partial charge in [-0.2, -0.15) is 0 Å². The maximum atomic E-state index is 12.2. The molecule has 0 aliphatic heterocycles. The highest BCUT2D eigenvalue weighted by atomic mass is 32.2. The van der Waals surface area contributed by atoms with Gasteiger partial charge in [0.2, 0.25) is 4.38 Å². The minimum absolute atomic E-state index is 0.223. The SMILES string of the molecule is CCCCOC(=O)C(Cc1ccccc1)SC(=S)OCC. The van der Waals surface area contributed by atoms with E-state index in [0.717, 1.165) is 18.4 Å². The van der Waals surface area contributed by atoms with Crippen molar-refractivity contribution in [2.24, 2.45) is 0 Å². The molecule has 0 spiro atoms. The van der Waals surface area contributed by atoms with Crippen LogP contribution in [-0.4, -0.2) is 28.8 Å². The first-order chi connectivity index (χ1) is 10.2. The molecular weight excluding hydrogens is 304 g/mol. The normalized spacial score (nSPS) is 11.7. The average molecular weight is 326 g/mol. The van der Waals surface area contributed by atoms with Crippen LogP contribution >= 0.6 is 24.0 Å². The van der Waals surface area contributed by atoms with Gasteiger partial charge in [0.05, 0.1) is 13.2 Å². The summed E-state index contributed by atoms with van der Waals surface area (Å²) >= 11 is 6.40. The van der Waals surface area contributed by atoms with E-state index in [1.165, 1.54) is 11.8 Å². The van der Waals surface area contributed by atoms with Gasteiger partial charge in [0.25, 0.3) is 0 Å². The largest absolute Gasteiger partial charge is 0.479 e. The Morgan fingerprint density at radius 2 is 1.95 bits per heavy atom. The Hall–Kier alpha value is -1.07. The molecule has 1 atom stereocenters. The molecule has 0 heterocycles. The van der Waals surface area contributed by atoms with Crippen LogP contribution in [0.15, 0.2) is 30.3 Å². The van der Waals surface area contributed by atoms with Crippen molar-refractivity contribution in [3.05, 3.63) is 35.9 Å². The van der Waals surface area contributed by atoms with E-state index in [0.29, 0.717) is 24.0 Å². The summed E-state index contributed by atoms with van der Waals surface area (Å²) < 4.78 is 11.0. The maximum Gasteiger partial charge on any atom is 0.319 e. The number of esters is 1. The number of carbonyl (C=O) groups is 1. The second-order valence-corrected chi connectivity index (χ2v) is 6.31. The number of benzene rings is 1. The summed E-state index contributed by atoms with van der Waals surface area (Å²) in [6.45, 7) is 4.91. The summed E-state index contributed by atoms with van der Waals surface area (Å²) in [7, 11) is 0. The first-order valence-corrected chi connectivity index (χ1v) is 8.50. The highest BCUT2D eigenvalue weighted by Gasteiger charge is 2.23. The lowest BCUT2D eigenvalue weighted by Gasteiger charge is -2.16. The van der Waals surface area contributed by atoms with Crippen molar-refractivity contribution >= 4 is 34.3 Å². The lowest BCUT2D eigenvalue weighted by Crippen LogP contribution is -2.25. The zero-order valence-corrected chi connectivity index (χ0v) is 14.2. The Morgan fingerprint density at radius 3 is 2.57 bits per heavy atom. The van der Waals surface area contributed by atoms with Crippen molar-refractivity contribution in [3.8, 4) is 0 Å². The van der Waals surface area contributed by atoms with E-state index in [-0.39, 0.29) is 11.2 Å². The van der Waals surface area contributed by atoms with Crippen molar-refractivity contribution in [2.75, 3.05) is 13.2 Å². The van der Waals surface area contributed by atoms with Gasteiger partial charge in [-0.15, -0.1) is 0 Å². The van der Waals surface area contributed by atoms with E-state index in [9.17, 15) is 4.79 Å². The van der Waals surface area contributed by atoms with Crippen LogP contribution in [0.3, 0.4) is 0 Å². The van der Waals surface area contributed by atoms with Gasteiger partial charge >= 0.3 is 5.97 Å². The van der Waals surface area contributed by atoms with Crippen molar-refractivity contribution in [1.82, 2.24) is 0 Å². The van der Waals surface area contributed by atoms with E-state index in [1.54, 1.807) is 0 Å². The summed E-state index contributed by atoms with van der Waals surface area (Å²) in [4.78, 5) is 12.2. The third kappa shape index (κ3) is 7.48. The molecule has 0 fully saturated rings. The van der Waals surface area contributed by atoms with Gasteiger partial charge in [-0.25, -0.2) is 0 Å². The average Bonchev–Trinajstić information content (AvgIpc) is 2.48. The molecule has 0 aromatic heterocycles. The van der Waals surface area contributed by atoms with Crippen LogP contribution in [0.2, 0.25) is 0 Å². The standard InChI is InChI=1S/C16H22O3S2/c1-3-5-11-19-15(17)14(21-16(20)18-4-2)12-13-9-7-6-8-10-13/h6-10,14H,3-5,11-12H2,1-2H3. The Balaban J connectivity index is 2.64. The summed E-state index contributed by atoms with van der Waals surface area (Å²) in [5.41, 5.74) is 1.08. The molecule has 0 amide bonds. The fourth-order valence-electron chi connectivity index (χ4n) is 1.68. The molecular formula is C16H22O3S2. The van der Waals surface area contributed by atoms with Gasteiger partial charge in [-0.3, -0.25) is 4.79 Å². The fraction of sp³-hybridized carbons (Fsp3) is 0.500. The number of rotatable bonds is 8. The van der Waals surface area contributed by atoms with Crippen LogP contribution in [0.25, 0.3) is 0 Å². The van der Waals surface area contributed by atoms with E-state index < -0.39 is 0 Å². The predicted octanol–water partition coefficient (Wildman–Crippen LogP) is 4.00. The van der Waals surface area contributed by atoms with Crippen LogP contribution in [0.1, 0.15) is 32.3 Å². The Kier molecular flexibility index (Phi) is 9.10. The zero-order valence-electron chi connectivity index (χ0n) is 12.5. The molecule has 116 valence electrons. The summed E-state index contributed by atoms with van der Waals surface area (Å²) in [5.74, 6) is -0.223. The Labute approximate surface area is 136 Å². The molecule has 0 saturated carbocycles. The third-order valence-corrected chi connectivity index (χ3v) is 4.13. The topological polar surface area (TPSA) is 35.5 Å². The van der Waals surface area contributed by atoms with Gasteiger partial charge in [0.1, 0.15) is 5.25 Å².